The zero-order valence-corrected chi connectivity index (χ0v) is 11.7. The van der Waals surface area contributed by atoms with Gasteiger partial charge in [-0.2, -0.15) is 0 Å². The first-order valence-electron chi connectivity index (χ1n) is 6.16. The highest BCUT2D eigenvalue weighted by Gasteiger charge is 2.12. The highest BCUT2D eigenvalue weighted by molar-refractivity contribution is 6.30. The van der Waals surface area contributed by atoms with Crippen molar-refractivity contribution >= 4 is 11.6 Å². The second-order valence-electron chi connectivity index (χ2n) is 4.83. The molecule has 2 rings (SSSR count). The zero-order valence-electron chi connectivity index (χ0n) is 11.0. The Kier molecular flexibility index (Phi) is 4.23. The van der Waals surface area contributed by atoms with Crippen molar-refractivity contribution in [3.05, 3.63) is 69.5 Å². The molecule has 2 aromatic carbocycles. The summed E-state index contributed by atoms with van der Waals surface area (Å²) in [5.74, 6) is -0.438. The molecule has 0 aliphatic rings. The van der Waals surface area contributed by atoms with Crippen molar-refractivity contribution in [1.82, 2.24) is 0 Å². The maximum Gasteiger partial charge on any atom is 0.141 e. The molecule has 0 saturated heterocycles. The third-order valence-electron chi connectivity index (χ3n) is 3.21. The summed E-state index contributed by atoms with van der Waals surface area (Å²) in [6.07, 6.45) is -0.189. The molecule has 0 fully saturated rings. The van der Waals surface area contributed by atoms with Crippen LogP contribution < -0.4 is 0 Å². The van der Waals surface area contributed by atoms with E-state index in [1.165, 1.54) is 6.07 Å². The molecule has 3 heteroatoms. The number of hydrogen-bond donors (Lipinski definition) is 1. The Bertz CT molecular complexity index is 595. The lowest BCUT2D eigenvalue weighted by Crippen LogP contribution is -2.04. The van der Waals surface area contributed by atoms with Gasteiger partial charge < -0.3 is 5.11 Å². The standard InChI is InChI=1S/C16H16ClFO/c1-10-3-4-11(2)13(7-10)16(19)9-12-5-6-15(18)14(17)8-12/h3-8,16,19H,9H2,1-2H3. The number of halogens is 2. The van der Waals surface area contributed by atoms with E-state index in [0.717, 1.165) is 22.3 Å². The van der Waals surface area contributed by atoms with Gasteiger partial charge in [-0.3, -0.25) is 0 Å². The van der Waals surface area contributed by atoms with E-state index in [1.807, 2.05) is 32.0 Å². The molecule has 1 N–H and O–H groups in total. The summed E-state index contributed by atoms with van der Waals surface area (Å²) in [7, 11) is 0. The van der Waals surface area contributed by atoms with E-state index in [-0.39, 0.29) is 5.02 Å². The molecule has 0 amide bonds. The molecule has 0 saturated carbocycles. The van der Waals surface area contributed by atoms with E-state index in [4.69, 9.17) is 11.6 Å². The maximum absolute atomic E-state index is 13.1. The quantitative estimate of drug-likeness (QED) is 0.884. The Hall–Kier alpha value is -1.38. The lowest BCUT2D eigenvalue weighted by molar-refractivity contribution is 0.177. The number of benzene rings is 2. The Labute approximate surface area is 117 Å². The van der Waals surface area contributed by atoms with Gasteiger partial charge in [-0.05, 0) is 42.7 Å². The van der Waals surface area contributed by atoms with Crippen LogP contribution in [0.4, 0.5) is 4.39 Å². The molecular weight excluding hydrogens is 263 g/mol. The Morgan fingerprint density at radius 3 is 2.58 bits per heavy atom. The van der Waals surface area contributed by atoms with Gasteiger partial charge in [0, 0.05) is 6.42 Å². The topological polar surface area (TPSA) is 20.2 Å². The van der Waals surface area contributed by atoms with E-state index in [1.54, 1.807) is 12.1 Å². The van der Waals surface area contributed by atoms with Crippen LogP contribution in [-0.4, -0.2) is 5.11 Å². The zero-order chi connectivity index (χ0) is 14.0. The summed E-state index contributed by atoms with van der Waals surface area (Å²) < 4.78 is 13.1. The Morgan fingerprint density at radius 2 is 1.89 bits per heavy atom. The third kappa shape index (κ3) is 3.34. The Balaban J connectivity index is 2.22. The SMILES string of the molecule is Cc1ccc(C)c(C(O)Cc2ccc(F)c(Cl)c2)c1. The van der Waals surface area contributed by atoms with Crippen LogP contribution in [0.25, 0.3) is 0 Å². The van der Waals surface area contributed by atoms with Crippen LogP contribution in [0.1, 0.15) is 28.4 Å². The van der Waals surface area contributed by atoms with Gasteiger partial charge in [0.25, 0.3) is 0 Å². The van der Waals surface area contributed by atoms with E-state index in [0.29, 0.717) is 6.42 Å². The highest BCUT2D eigenvalue weighted by Crippen LogP contribution is 2.24. The monoisotopic (exact) mass is 278 g/mol. The highest BCUT2D eigenvalue weighted by atomic mass is 35.5. The first-order chi connectivity index (χ1) is 8.97. The summed E-state index contributed by atoms with van der Waals surface area (Å²) in [6.45, 7) is 3.96. The van der Waals surface area contributed by atoms with E-state index >= 15 is 0 Å². The fraction of sp³-hybridized carbons (Fsp3) is 0.250. The summed E-state index contributed by atoms with van der Waals surface area (Å²) in [6, 6.07) is 10.5. The molecule has 0 heterocycles. The largest absolute Gasteiger partial charge is 0.388 e. The van der Waals surface area contributed by atoms with Crippen LogP contribution in [0.3, 0.4) is 0 Å². The maximum atomic E-state index is 13.1. The number of aliphatic hydroxyl groups is 1. The van der Waals surface area contributed by atoms with Crippen molar-refractivity contribution in [1.29, 1.82) is 0 Å². The van der Waals surface area contributed by atoms with Crippen molar-refractivity contribution < 1.29 is 9.50 Å². The minimum atomic E-state index is -0.610. The summed E-state index contributed by atoms with van der Waals surface area (Å²) in [5, 5.41) is 10.4. The van der Waals surface area contributed by atoms with Crippen molar-refractivity contribution in [2.24, 2.45) is 0 Å². The average Bonchev–Trinajstić information content (AvgIpc) is 2.36. The fourth-order valence-corrected chi connectivity index (χ4v) is 2.32. The third-order valence-corrected chi connectivity index (χ3v) is 3.50. The molecule has 0 spiro atoms. The lowest BCUT2D eigenvalue weighted by atomic mass is 9.96. The molecular formula is C16H16ClFO. The summed E-state index contributed by atoms with van der Waals surface area (Å²) >= 11 is 5.74. The molecule has 0 bridgehead atoms. The number of aryl methyl sites for hydroxylation is 2. The van der Waals surface area contributed by atoms with Gasteiger partial charge in [-0.25, -0.2) is 4.39 Å². The van der Waals surface area contributed by atoms with Gasteiger partial charge in [-0.1, -0.05) is 41.4 Å². The summed E-state index contributed by atoms with van der Waals surface area (Å²) in [4.78, 5) is 0. The Morgan fingerprint density at radius 1 is 1.16 bits per heavy atom. The van der Waals surface area contributed by atoms with Crippen LogP contribution >= 0.6 is 11.6 Å². The molecule has 2 aromatic rings. The van der Waals surface area contributed by atoms with Gasteiger partial charge in [0.2, 0.25) is 0 Å². The average molecular weight is 279 g/mol. The number of rotatable bonds is 3. The normalized spacial score (nSPS) is 12.5. The van der Waals surface area contributed by atoms with Crippen molar-refractivity contribution in [2.45, 2.75) is 26.4 Å². The van der Waals surface area contributed by atoms with Crippen molar-refractivity contribution in [3.8, 4) is 0 Å². The van der Waals surface area contributed by atoms with Crippen molar-refractivity contribution in [3.63, 3.8) is 0 Å². The van der Waals surface area contributed by atoms with E-state index in [2.05, 4.69) is 0 Å². The predicted octanol–water partition coefficient (Wildman–Crippen LogP) is 4.37. The second kappa shape index (κ2) is 5.72. The molecule has 1 atom stereocenters. The smallest absolute Gasteiger partial charge is 0.141 e. The number of hydrogen-bond acceptors (Lipinski definition) is 1. The van der Waals surface area contributed by atoms with Crippen LogP contribution in [0, 0.1) is 19.7 Å². The van der Waals surface area contributed by atoms with Gasteiger partial charge in [0.15, 0.2) is 0 Å². The first-order valence-corrected chi connectivity index (χ1v) is 6.54. The van der Waals surface area contributed by atoms with E-state index in [9.17, 15) is 9.50 Å². The minimum Gasteiger partial charge on any atom is -0.388 e. The lowest BCUT2D eigenvalue weighted by Gasteiger charge is -2.15. The van der Waals surface area contributed by atoms with Gasteiger partial charge in [0.1, 0.15) is 5.82 Å². The molecule has 100 valence electrons. The molecule has 19 heavy (non-hydrogen) atoms. The molecule has 1 unspecified atom stereocenters. The van der Waals surface area contributed by atoms with Crippen LogP contribution in [0.5, 0.6) is 0 Å². The molecule has 0 radical (unpaired) electrons. The van der Waals surface area contributed by atoms with Crippen molar-refractivity contribution in [2.75, 3.05) is 0 Å². The summed E-state index contributed by atoms with van der Waals surface area (Å²) in [5.41, 5.74) is 3.88. The van der Waals surface area contributed by atoms with E-state index < -0.39 is 11.9 Å². The molecule has 1 nitrogen and oxygen atoms in total. The van der Waals surface area contributed by atoms with Crippen LogP contribution in [-0.2, 0) is 6.42 Å². The van der Waals surface area contributed by atoms with Gasteiger partial charge in [0.05, 0.1) is 11.1 Å². The molecule has 0 aliphatic carbocycles. The first kappa shape index (κ1) is 14.0. The predicted molar refractivity (Wildman–Crippen MR) is 76.0 cm³/mol. The number of aliphatic hydroxyl groups excluding tert-OH is 1. The van der Waals surface area contributed by atoms with Crippen LogP contribution in [0.2, 0.25) is 5.02 Å². The minimum absolute atomic E-state index is 0.0886. The molecule has 0 aliphatic heterocycles. The molecule has 0 aromatic heterocycles. The van der Waals surface area contributed by atoms with Gasteiger partial charge in [-0.15, -0.1) is 0 Å². The fourth-order valence-electron chi connectivity index (χ4n) is 2.12. The van der Waals surface area contributed by atoms with Crippen LogP contribution in [0.15, 0.2) is 36.4 Å². The second-order valence-corrected chi connectivity index (χ2v) is 5.24. The van der Waals surface area contributed by atoms with Gasteiger partial charge >= 0.3 is 0 Å².